The van der Waals surface area contributed by atoms with Gasteiger partial charge in [-0.15, -0.1) is 0 Å². The molecule has 0 saturated carbocycles. The lowest BCUT2D eigenvalue weighted by Crippen LogP contribution is -2.21. The summed E-state index contributed by atoms with van der Waals surface area (Å²) in [6.07, 6.45) is 7.67. The Labute approximate surface area is 216 Å². The van der Waals surface area contributed by atoms with E-state index < -0.39 is 15.8 Å². The second kappa shape index (κ2) is 9.01. The lowest BCUT2D eigenvalue weighted by Gasteiger charge is -2.08. The highest BCUT2D eigenvalue weighted by atomic mass is 32.2. The molecule has 190 valence electrons. The van der Waals surface area contributed by atoms with Gasteiger partial charge in [0.1, 0.15) is 17.2 Å². The van der Waals surface area contributed by atoms with Crippen LogP contribution in [0.1, 0.15) is 5.56 Å². The number of nitrogens with zero attached hydrogens (tertiary/aromatic N) is 4. The van der Waals surface area contributed by atoms with E-state index in [1.54, 1.807) is 43.0 Å². The van der Waals surface area contributed by atoms with Crippen molar-refractivity contribution in [3.05, 3.63) is 78.6 Å². The molecule has 0 atom stereocenters. The van der Waals surface area contributed by atoms with Crippen LogP contribution >= 0.6 is 0 Å². The summed E-state index contributed by atoms with van der Waals surface area (Å²) in [6.45, 7) is -0.0194. The molecule has 0 bridgehead atoms. The third-order valence-corrected chi connectivity index (χ3v) is 6.77. The van der Waals surface area contributed by atoms with Gasteiger partial charge in [0.05, 0.1) is 35.0 Å². The van der Waals surface area contributed by atoms with E-state index in [4.69, 9.17) is 5.73 Å². The molecule has 5 N–H and O–H groups in total. The van der Waals surface area contributed by atoms with Crippen molar-refractivity contribution >= 4 is 37.6 Å². The zero-order chi connectivity index (χ0) is 26.4. The monoisotopic (exact) mass is 528 g/mol. The van der Waals surface area contributed by atoms with Crippen LogP contribution in [0.3, 0.4) is 0 Å². The van der Waals surface area contributed by atoms with Gasteiger partial charge in [0.2, 0.25) is 10.0 Å². The fourth-order valence-electron chi connectivity index (χ4n) is 4.41. The van der Waals surface area contributed by atoms with E-state index in [0.717, 1.165) is 33.7 Å². The van der Waals surface area contributed by atoms with E-state index >= 15 is 0 Å². The maximum atomic E-state index is 14.5. The number of aromatic amines is 2. The minimum atomic E-state index is -3.42. The number of sulfonamides is 1. The predicted octanol–water partition coefficient (Wildman–Crippen LogP) is 4.00. The van der Waals surface area contributed by atoms with Crippen LogP contribution in [0.2, 0.25) is 0 Å². The van der Waals surface area contributed by atoms with Gasteiger partial charge in [0.15, 0.2) is 0 Å². The third kappa shape index (κ3) is 4.58. The number of hydrogen-bond donors (Lipinski definition) is 4. The number of anilines is 1. The maximum Gasteiger partial charge on any atom is 0.209 e. The molecular formula is C26H21FN8O2S. The average molecular weight is 529 g/mol. The molecule has 0 amide bonds. The van der Waals surface area contributed by atoms with E-state index in [-0.39, 0.29) is 6.54 Å². The molecule has 0 unspecified atom stereocenters. The summed E-state index contributed by atoms with van der Waals surface area (Å²) in [5, 5.41) is 9.11. The maximum absolute atomic E-state index is 14.5. The highest BCUT2D eigenvalue weighted by Gasteiger charge is 2.16. The molecular weight excluding hydrogens is 507 g/mol. The number of benzene rings is 1. The number of nitrogen functional groups attached to an aromatic ring is 1. The third-order valence-electron chi connectivity index (χ3n) is 6.10. The summed E-state index contributed by atoms with van der Waals surface area (Å²) in [5.74, 6) is -0.470. The van der Waals surface area contributed by atoms with Gasteiger partial charge >= 0.3 is 0 Å². The molecule has 6 aromatic rings. The Hall–Kier alpha value is -4.68. The first kappa shape index (κ1) is 23.7. The lowest BCUT2D eigenvalue weighted by molar-refractivity contribution is 0.586. The number of fused-ring (bicyclic) bond motifs is 2. The Morgan fingerprint density at radius 1 is 1.00 bits per heavy atom. The number of halogens is 1. The smallest absolute Gasteiger partial charge is 0.209 e. The van der Waals surface area contributed by atoms with Gasteiger partial charge in [-0.1, -0.05) is 0 Å². The quantitative estimate of drug-likeness (QED) is 0.255. The molecule has 0 aliphatic carbocycles. The normalized spacial score (nSPS) is 11.9. The average Bonchev–Trinajstić information content (AvgIpc) is 3.50. The molecule has 0 saturated heterocycles. The van der Waals surface area contributed by atoms with Gasteiger partial charge in [-0.2, -0.15) is 5.10 Å². The van der Waals surface area contributed by atoms with Crippen LogP contribution in [0.4, 0.5) is 10.1 Å². The second-order valence-corrected chi connectivity index (χ2v) is 10.8. The van der Waals surface area contributed by atoms with E-state index in [1.807, 2.05) is 12.1 Å². The highest BCUT2D eigenvalue weighted by Crippen LogP contribution is 2.34. The van der Waals surface area contributed by atoms with Crippen LogP contribution in [0.25, 0.3) is 55.7 Å². The highest BCUT2D eigenvalue weighted by molar-refractivity contribution is 7.88. The van der Waals surface area contributed by atoms with Crippen LogP contribution in [0.5, 0.6) is 0 Å². The van der Waals surface area contributed by atoms with E-state index in [2.05, 4.69) is 34.9 Å². The fraction of sp³-hybridized carbons (Fsp3) is 0.0769. The van der Waals surface area contributed by atoms with Crippen LogP contribution in [-0.4, -0.2) is 44.8 Å². The van der Waals surface area contributed by atoms with E-state index in [9.17, 15) is 12.8 Å². The van der Waals surface area contributed by atoms with Crippen molar-refractivity contribution in [2.24, 2.45) is 0 Å². The van der Waals surface area contributed by atoms with Gasteiger partial charge < -0.3 is 10.7 Å². The second-order valence-electron chi connectivity index (χ2n) is 8.94. The number of hydrogen-bond acceptors (Lipinski definition) is 7. The molecule has 38 heavy (non-hydrogen) atoms. The largest absolute Gasteiger partial charge is 0.397 e. The SMILES string of the molecule is CS(=O)(=O)NCc1cc(F)cc(-c2ccnc3[nH]c(-c4n[nH]c5cnc(-c6cncc(N)c6)cc45)cc23)c1. The number of aromatic nitrogens is 6. The predicted molar refractivity (Wildman–Crippen MR) is 144 cm³/mol. The molecule has 0 spiro atoms. The first-order valence-electron chi connectivity index (χ1n) is 11.5. The molecule has 5 aromatic heterocycles. The number of H-pyrrole nitrogens is 2. The molecule has 0 fully saturated rings. The summed E-state index contributed by atoms with van der Waals surface area (Å²) < 4.78 is 39.9. The topological polar surface area (TPSA) is 155 Å². The summed E-state index contributed by atoms with van der Waals surface area (Å²) in [7, 11) is -3.42. The van der Waals surface area contributed by atoms with Gasteiger partial charge in [0, 0.05) is 41.5 Å². The van der Waals surface area contributed by atoms with E-state index in [0.29, 0.717) is 39.5 Å². The molecule has 5 heterocycles. The first-order valence-corrected chi connectivity index (χ1v) is 13.4. The summed E-state index contributed by atoms with van der Waals surface area (Å²) in [5.41, 5.74) is 12.5. The van der Waals surface area contributed by atoms with Gasteiger partial charge in [-0.05, 0) is 59.2 Å². The summed E-state index contributed by atoms with van der Waals surface area (Å²) in [6, 6.07) is 11.9. The zero-order valence-electron chi connectivity index (χ0n) is 20.0. The number of pyridine rings is 3. The molecule has 12 heteroatoms. The van der Waals surface area contributed by atoms with Crippen LogP contribution in [0, 0.1) is 5.82 Å². The lowest BCUT2D eigenvalue weighted by atomic mass is 10.0. The number of nitrogens with two attached hydrogens (primary N) is 1. The Kier molecular flexibility index (Phi) is 5.62. The summed E-state index contributed by atoms with van der Waals surface area (Å²) >= 11 is 0. The van der Waals surface area contributed by atoms with Gasteiger partial charge in [0.25, 0.3) is 0 Å². The molecule has 1 aromatic carbocycles. The van der Waals surface area contributed by atoms with Crippen LogP contribution in [-0.2, 0) is 16.6 Å². The Morgan fingerprint density at radius 3 is 2.68 bits per heavy atom. The molecule has 6 rings (SSSR count). The summed E-state index contributed by atoms with van der Waals surface area (Å²) in [4.78, 5) is 16.4. The van der Waals surface area contributed by atoms with Crippen molar-refractivity contribution in [1.82, 2.24) is 34.9 Å². The van der Waals surface area contributed by atoms with Crippen molar-refractivity contribution in [2.75, 3.05) is 12.0 Å². The molecule has 0 radical (unpaired) electrons. The Morgan fingerprint density at radius 2 is 1.87 bits per heavy atom. The van der Waals surface area contributed by atoms with Crippen molar-refractivity contribution < 1.29 is 12.8 Å². The van der Waals surface area contributed by atoms with Crippen LogP contribution in [0.15, 0.2) is 67.3 Å². The first-order chi connectivity index (χ1) is 18.2. The van der Waals surface area contributed by atoms with Crippen molar-refractivity contribution in [2.45, 2.75) is 6.54 Å². The Bertz CT molecular complexity index is 1950. The number of rotatable bonds is 6. The van der Waals surface area contributed by atoms with Crippen molar-refractivity contribution in [3.8, 4) is 33.8 Å². The fourth-order valence-corrected chi connectivity index (χ4v) is 4.84. The molecule has 0 aliphatic rings. The van der Waals surface area contributed by atoms with Crippen LogP contribution < -0.4 is 10.5 Å². The van der Waals surface area contributed by atoms with E-state index in [1.165, 1.54) is 12.1 Å². The number of nitrogens with one attached hydrogen (secondary N) is 3. The van der Waals surface area contributed by atoms with Crippen molar-refractivity contribution in [3.63, 3.8) is 0 Å². The molecule has 10 nitrogen and oxygen atoms in total. The van der Waals surface area contributed by atoms with Gasteiger partial charge in [-0.3, -0.25) is 15.1 Å². The van der Waals surface area contributed by atoms with Crippen molar-refractivity contribution in [1.29, 1.82) is 0 Å². The zero-order valence-corrected chi connectivity index (χ0v) is 20.8. The Balaban J connectivity index is 1.43. The minimum Gasteiger partial charge on any atom is -0.397 e. The minimum absolute atomic E-state index is 0.0194. The standard InChI is InChI=1S/C26H21FN8O2S/c1-38(36,37)32-10-14-4-15(6-17(27)5-14)19-2-3-30-26-20(19)8-23(33-26)25-21-9-22(31-13-24(21)34-35-25)16-7-18(28)12-29-11-16/h2-9,11-13,32H,10,28H2,1H3,(H,30,33)(H,34,35). The van der Waals surface area contributed by atoms with Gasteiger partial charge in [-0.25, -0.2) is 22.5 Å². The molecule has 0 aliphatic heterocycles.